The second-order valence-electron chi connectivity index (χ2n) is 6.67. The Balaban J connectivity index is 1.84. The van der Waals surface area contributed by atoms with E-state index < -0.39 is 21.9 Å². The van der Waals surface area contributed by atoms with Crippen molar-refractivity contribution in [3.63, 3.8) is 0 Å². The van der Waals surface area contributed by atoms with E-state index in [0.717, 1.165) is 0 Å². The van der Waals surface area contributed by atoms with Gasteiger partial charge in [0.25, 0.3) is 15.9 Å². The summed E-state index contributed by atoms with van der Waals surface area (Å²) in [5, 5.41) is 2.67. The van der Waals surface area contributed by atoms with E-state index in [0.29, 0.717) is 10.2 Å². The maximum Gasteiger partial charge on any atom is 0.340 e. The van der Waals surface area contributed by atoms with Gasteiger partial charge >= 0.3 is 5.97 Å². The maximum absolute atomic E-state index is 13.1. The second kappa shape index (κ2) is 9.97. The molecule has 1 N–H and O–H groups in total. The van der Waals surface area contributed by atoms with Crippen molar-refractivity contribution < 1.29 is 22.7 Å². The highest BCUT2D eigenvalue weighted by atomic mass is 79.9. The molecule has 7 nitrogen and oxygen atoms in total. The van der Waals surface area contributed by atoms with Crippen molar-refractivity contribution in [2.75, 3.05) is 23.3 Å². The van der Waals surface area contributed by atoms with Gasteiger partial charge in [-0.15, -0.1) is 0 Å². The molecule has 3 aromatic rings. The average Bonchev–Trinajstić information content (AvgIpc) is 2.80. The molecule has 166 valence electrons. The molecule has 0 aliphatic carbocycles. The van der Waals surface area contributed by atoms with Gasteiger partial charge < -0.3 is 10.1 Å². The van der Waals surface area contributed by atoms with Crippen LogP contribution in [0.25, 0.3) is 0 Å². The minimum atomic E-state index is -3.80. The normalized spacial score (nSPS) is 11.0. The standard InChI is InChI=1S/C23H21BrN2O5S/c1-3-26(18-7-5-4-6-8-18)32(29,30)19-12-9-16(10-13-19)22(27)25-21-14-11-17(24)15-20(21)23(28)31-2/h4-15H,3H2,1-2H3,(H,25,27). The van der Waals surface area contributed by atoms with Gasteiger partial charge in [-0.25, -0.2) is 13.2 Å². The van der Waals surface area contributed by atoms with Crippen LogP contribution in [0.1, 0.15) is 27.6 Å². The van der Waals surface area contributed by atoms with E-state index in [-0.39, 0.29) is 28.3 Å². The Hall–Kier alpha value is -3.17. The van der Waals surface area contributed by atoms with Crippen molar-refractivity contribution >= 4 is 49.2 Å². The molecule has 3 aromatic carbocycles. The minimum Gasteiger partial charge on any atom is -0.465 e. The van der Waals surface area contributed by atoms with Crippen molar-refractivity contribution in [1.29, 1.82) is 0 Å². The zero-order valence-electron chi connectivity index (χ0n) is 17.4. The Morgan fingerprint density at radius 2 is 1.66 bits per heavy atom. The van der Waals surface area contributed by atoms with Crippen LogP contribution in [-0.4, -0.2) is 33.9 Å². The molecule has 0 aliphatic heterocycles. The fourth-order valence-corrected chi connectivity index (χ4v) is 4.92. The van der Waals surface area contributed by atoms with E-state index >= 15 is 0 Å². The number of benzene rings is 3. The fraction of sp³-hybridized carbons (Fsp3) is 0.130. The van der Waals surface area contributed by atoms with Crippen LogP contribution in [0, 0.1) is 0 Å². The summed E-state index contributed by atoms with van der Waals surface area (Å²) >= 11 is 3.28. The minimum absolute atomic E-state index is 0.0682. The van der Waals surface area contributed by atoms with E-state index in [9.17, 15) is 18.0 Å². The number of para-hydroxylation sites is 1. The molecule has 0 atom stereocenters. The number of methoxy groups -OCH3 is 1. The number of anilines is 2. The molecule has 0 aliphatic rings. The van der Waals surface area contributed by atoms with Crippen LogP contribution in [0.5, 0.6) is 0 Å². The lowest BCUT2D eigenvalue weighted by molar-refractivity contribution is 0.0602. The SMILES string of the molecule is CCN(c1ccccc1)S(=O)(=O)c1ccc(C(=O)Nc2ccc(Br)cc2C(=O)OC)cc1. The smallest absolute Gasteiger partial charge is 0.340 e. The Morgan fingerprint density at radius 1 is 1.00 bits per heavy atom. The molecule has 9 heteroatoms. The van der Waals surface area contributed by atoms with Gasteiger partial charge in [0.2, 0.25) is 0 Å². The van der Waals surface area contributed by atoms with Crippen LogP contribution < -0.4 is 9.62 Å². The number of ether oxygens (including phenoxy) is 1. The van der Waals surface area contributed by atoms with E-state index in [1.54, 1.807) is 49.4 Å². The lowest BCUT2D eigenvalue weighted by atomic mass is 10.1. The predicted octanol–water partition coefficient (Wildman–Crippen LogP) is 4.70. The van der Waals surface area contributed by atoms with Gasteiger partial charge in [-0.2, -0.15) is 0 Å². The third kappa shape index (κ3) is 5.00. The highest BCUT2D eigenvalue weighted by Gasteiger charge is 2.24. The van der Waals surface area contributed by atoms with Gasteiger partial charge in [0.1, 0.15) is 0 Å². The fourth-order valence-electron chi connectivity index (χ4n) is 3.09. The van der Waals surface area contributed by atoms with E-state index in [1.807, 2.05) is 6.07 Å². The number of nitrogens with one attached hydrogen (secondary N) is 1. The molecule has 0 unspecified atom stereocenters. The van der Waals surface area contributed by atoms with Gasteiger partial charge in [-0.05, 0) is 61.5 Å². The summed E-state index contributed by atoms with van der Waals surface area (Å²) in [6, 6.07) is 19.2. The quantitative estimate of drug-likeness (QED) is 0.459. The number of amides is 1. The van der Waals surface area contributed by atoms with Crippen LogP contribution in [0.4, 0.5) is 11.4 Å². The number of sulfonamides is 1. The highest BCUT2D eigenvalue weighted by molar-refractivity contribution is 9.10. The molecule has 0 fully saturated rings. The maximum atomic E-state index is 13.1. The molecule has 32 heavy (non-hydrogen) atoms. The number of hydrogen-bond acceptors (Lipinski definition) is 5. The third-order valence-electron chi connectivity index (χ3n) is 4.67. The molecule has 0 aromatic heterocycles. The molecular weight excluding hydrogens is 496 g/mol. The number of esters is 1. The first kappa shape index (κ1) is 23.5. The molecule has 0 radical (unpaired) electrons. The van der Waals surface area contributed by atoms with Gasteiger partial charge in [-0.1, -0.05) is 34.1 Å². The molecule has 0 saturated carbocycles. The Kier molecular flexibility index (Phi) is 7.32. The zero-order valence-corrected chi connectivity index (χ0v) is 19.8. The molecule has 0 saturated heterocycles. The summed E-state index contributed by atoms with van der Waals surface area (Å²) in [5.74, 6) is -1.08. The van der Waals surface area contributed by atoms with Crippen LogP contribution in [0.15, 0.2) is 82.2 Å². The number of carbonyl (C=O) groups excluding carboxylic acids is 2. The van der Waals surface area contributed by atoms with Crippen LogP contribution in [0.2, 0.25) is 0 Å². The highest BCUT2D eigenvalue weighted by Crippen LogP contribution is 2.25. The summed E-state index contributed by atoms with van der Waals surface area (Å²) in [6.07, 6.45) is 0. The molecule has 3 rings (SSSR count). The van der Waals surface area contributed by atoms with Gasteiger partial charge in [0.05, 0.1) is 28.9 Å². The molecule has 0 heterocycles. The first-order valence-corrected chi connectivity index (χ1v) is 11.9. The molecule has 0 spiro atoms. The Labute approximate surface area is 195 Å². The number of nitrogens with zero attached hydrogens (tertiary/aromatic N) is 1. The third-order valence-corrected chi connectivity index (χ3v) is 7.08. The number of halogens is 1. The predicted molar refractivity (Wildman–Crippen MR) is 127 cm³/mol. The Bertz CT molecular complexity index is 1230. The van der Waals surface area contributed by atoms with E-state index in [4.69, 9.17) is 4.74 Å². The van der Waals surface area contributed by atoms with Gasteiger partial charge in [-0.3, -0.25) is 9.10 Å². The first-order chi connectivity index (χ1) is 15.3. The van der Waals surface area contributed by atoms with Crippen molar-refractivity contribution in [3.05, 3.63) is 88.4 Å². The van der Waals surface area contributed by atoms with Gasteiger partial charge in [0, 0.05) is 16.6 Å². The van der Waals surface area contributed by atoms with E-state index in [1.165, 1.54) is 35.7 Å². The molecule has 1 amide bonds. The first-order valence-electron chi connectivity index (χ1n) is 9.65. The summed E-state index contributed by atoms with van der Waals surface area (Å²) in [4.78, 5) is 24.8. The summed E-state index contributed by atoms with van der Waals surface area (Å²) in [5.41, 5.74) is 1.27. The van der Waals surface area contributed by atoms with Crippen molar-refractivity contribution in [3.8, 4) is 0 Å². The number of rotatable bonds is 7. The average molecular weight is 517 g/mol. The number of carbonyl (C=O) groups is 2. The lowest BCUT2D eigenvalue weighted by Gasteiger charge is -2.23. The summed E-state index contributed by atoms with van der Waals surface area (Å²) in [7, 11) is -2.54. The van der Waals surface area contributed by atoms with Crippen molar-refractivity contribution in [2.24, 2.45) is 0 Å². The largest absolute Gasteiger partial charge is 0.465 e. The van der Waals surface area contributed by atoms with Crippen LogP contribution in [-0.2, 0) is 14.8 Å². The summed E-state index contributed by atoms with van der Waals surface area (Å²) in [6.45, 7) is 2.01. The summed E-state index contributed by atoms with van der Waals surface area (Å²) < 4.78 is 32.9. The molecule has 0 bridgehead atoms. The van der Waals surface area contributed by atoms with Crippen molar-refractivity contribution in [2.45, 2.75) is 11.8 Å². The van der Waals surface area contributed by atoms with E-state index in [2.05, 4.69) is 21.2 Å². The van der Waals surface area contributed by atoms with Gasteiger partial charge in [0.15, 0.2) is 0 Å². The second-order valence-corrected chi connectivity index (χ2v) is 9.44. The topological polar surface area (TPSA) is 92.8 Å². The number of hydrogen-bond donors (Lipinski definition) is 1. The zero-order chi connectivity index (χ0) is 23.3. The Morgan fingerprint density at radius 3 is 2.25 bits per heavy atom. The molecular formula is C23H21BrN2O5S. The van der Waals surface area contributed by atoms with Crippen molar-refractivity contribution in [1.82, 2.24) is 0 Å². The van der Waals surface area contributed by atoms with Crippen LogP contribution >= 0.6 is 15.9 Å². The van der Waals surface area contributed by atoms with Crippen LogP contribution in [0.3, 0.4) is 0 Å². The monoisotopic (exact) mass is 516 g/mol. The lowest BCUT2D eigenvalue weighted by Crippen LogP contribution is -2.30.